The van der Waals surface area contributed by atoms with Crippen molar-refractivity contribution in [1.82, 2.24) is 0 Å². The van der Waals surface area contributed by atoms with Crippen molar-refractivity contribution < 1.29 is 17.6 Å². The number of furan rings is 1. The molecule has 0 spiro atoms. The second kappa shape index (κ2) is 3.18. The normalized spacial score (nSPS) is 12.0. The Morgan fingerprint density at radius 2 is 2.08 bits per heavy atom. The van der Waals surface area contributed by atoms with E-state index in [1.54, 1.807) is 0 Å². The first-order valence-corrected chi connectivity index (χ1v) is 3.38. The van der Waals surface area contributed by atoms with Gasteiger partial charge < -0.3 is 10.2 Å². The quantitative estimate of drug-likeness (QED) is 0.751. The van der Waals surface area contributed by atoms with Gasteiger partial charge in [0.1, 0.15) is 12.0 Å². The second-order valence-corrected chi connectivity index (χ2v) is 2.34. The van der Waals surface area contributed by atoms with Gasteiger partial charge in [0.25, 0.3) is 0 Å². The van der Waals surface area contributed by atoms with Crippen LogP contribution in [-0.2, 0) is 12.6 Å². The summed E-state index contributed by atoms with van der Waals surface area (Å²) in [4.78, 5) is 0. The molecule has 68 valence electrons. The molecule has 0 aliphatic heterocycles. The van der Waals surface area contributed by atoms with Crippen molar-refractivity contribution in [2.45, 2.75) is 12.6 Å². The molecule has 1 aromatic rings. The second-order valence-electron chi connectivity index (χ2n) is 2.34. The van der Waals surface area contributed by atoms with E-state index in [9.17, 15) is 13.2 Å². The van der Waals surface area contributed by atoms with Crippen molar-refractivity contribution in [3.8, 4) is 0 Å². The van der Waals surface area contributed by atoms with Gasteiger partial charge in [0.05, 0.1) is 5.56 Å². The van der Waals surface area contributed by atoms with Gasteiger partial charge in [0.15, 0.2) is 0 Å². The molecule has 2 nitrogen and oxygen atoms in total. The van der Waals surface area contributed by atoms with E-state index in [2.05, 4.69) is 4.42 Å². The maximum Gasteiger partial charge on any atom is 0.419 e. The molecule has 2 N–H and O–H groups in total. The maximum atomic E-state index is 12.0. The highest BCUT2D eigenvalue weighted by Crippen LogP contribution is 2.30. The number of halogens is 3. The van der Waals surface area contributed by atoms with Crippen molar-refractivity contribution in [2.24, 2.45) is 5.73 Å². The van der Waals surface area contributed by atoms with Crippen LogP contribution in [0.3, 0.4) is 0 Å². The van der Waals surface area contributed by atoms with Gasteiger partial charge in [-0.05, 0) is 12.6 Å². The summed E-state index contributed by atoms with van der Waals surface area (Å²) in [5, 5.41) is 0. The van der Waals surface area contributed by atoms with Crippen LogP contribution < -0.4 is 5.73 Å². The van der Waals surface area contributed by atoms with Crippen LogP contribution in [0.1, 0.15) is 11.3 Å². The minimum absolute atomic E-state index is 0.268. The summed E-state index contributed by atoms with van der Waals surface area (Å²) in [6.45, 7) is 0.283. The molecule has 0 bridgehead atoms. The smallest absolute Gasteiger partial charge is 0.419 e. The molecule has 0 radical (unpaired) electrons. The lowest BCUT2D eigenvalue weighted by Gasteiger charge is -1.99. The van der Waals surface area contributed by atoms with E-state index in [0.29, 0.717) is 12.7 Å². The molecule has 0 aliphatic carbocycles. The lowest BCUT2D eigenvalue weighted by atomic mass is 10.2. The first-order valence-electron chi connectivity index (χ1n) is 3.38. The fourth-order valence-corrected chi connectivity index (χ4v) is 0.803. The lowest BCUT2D eigenvalue weighted by molar-refractivity contribution is -0.137. The molecule has 0 atom stereocenters. The van der Waals surface area contributed by atoms with E-state index in [1.807, 2.05) is 0 Å². The summed E-state index contributed by atoms with van der Waals surface area (Å²) in [6, 6.07) is 0.965. The van der Waals surface area contributed by atoms with Gasteiger partial charge >= 0.3 is 6.18 Å². The molecule has 0 saturated carbocycles. The van der Waals surface area contributed by atoms with Crippen LogP contribution in [0.4, 0.5) is 13.2 Å². The van der Waals surface area contributed by atoms with Crippen molar-refractivity contribution in [2.75, 3.05) is 6.54 Å². The number of rotatable bonds is 2. The topological polar surface area (TPSA) is 39.2 Å². The minimum Gasteiger partial charge on any atom is -0.469 e. The highest BCUT2D eigenvalue weighted by molar-refractivity contribution is 5.16. The van der Waals surface area contributed by atoms with Gasteiger partial charge in [0, 0.05) is 6.42 Å². The van der Waals surface area contributed by atoms with E-state index in [-0.39, 0.29) is 12.3 Å². The third kappa shape index (κ3) is 2.01. The molecule has 0 aromatic carbocycles. The van der Waals surface area contributed by atoms with E-state index in [1.165, 1.54) is 0 Å². The van der Waals surface area contributed by atoms with Gasteiger partial charge in [-0.25, -0.2) is 0 Å². The minimum atomic E-state index is -4.32. The third-order valence-electron chi connectivity index (χ3n) is 1.37. The fraction of sp³-hybridized carbons (Fsp3) is 0.429. The molecule has 12 heavy (non-hydrogen) atoms. The van der Waals surface area contributed by atoms with Crippen molar-refractivity contribution in [3.63, 3.8) is 0 Å². The summed E-state index contributed by atoms with van der Waals surface area (Å²) in [5.74, 6) is 0.268. The zero-order valence-corrected chi connectivity index (χ0v) is 6.19. The Bertz CT molecular complexity index is 253. The molecule has 0 aliphatic rings. The molecule has 0 unspecified atom stereocenters. The zero-order valence-electron chi connectivity index (χ0n) is 6.19. The van der Waals surface area contributed by atoms with E-state index < -0.39 is 11.7 Å². The third-order valence-corrected chi connectivity index (χ3v) is 1.37. The highest BCUT2D eigenvalue weighted by Gasteiger charge is 2.32. The van der Waals surface area contributed by atoms with Gasteiger partial charge in [0.2, 0.25) is 0 Å². The van der Waals surface area contributed by atoms with Crippen LogP contribution >= 0.6 is 0 Å². The molecule has 5 heteroatoms. The fourth-order valence-electron chi connectivity index (χ4n) is 0.803. The van der Waals surface area contributed by atoms with E-state index >= 15 is 0 Å². The number of nitrogens with two attached hydrogens (primary N) is 1. The largest absolute Gasteiger partial charge is 0.469 e. The standard InChI is InChI=1S/C7H8F3NO/c8-7(9,10)5-3-6(1-2-11)12-4-5/h3-4H,1-2,11H2. The lowest BCUT2D eigenvalue weighted by Crippen LogP contribution is -2.03. The van der Waals surface area contributed by atoms with Gasteiger partial charge in [-0.3, -0.25) is 0 Å². The summed E-state index contributed by atoms with van der Waals surface area (Å²) in [5.41, 5.74) is 4.38. The SMILES string of the molecule is NCCc1cc(C(F)(F)F)co1. The van der Waals surface area contributed by atoms with E-state index in [4.69, 9.17) is 5.73 Å². The first kappa shape index (κ1) is 9.12. The molecular weight excluding hydrogens is 171 g/mol. The van der Waals surface area contributed by atoms with Crippen LogP contribution in [0.5, 0.6) is 0 Å². The molecule has 0 fully saturated rings. The Balaban J connectivity index is 2.77. The van der Waals surface area contributed by atoms with Crippen LogP contribution in [0.25, 0.3) is 0 Å². The summed E-state index contributed by atoms with van der Waals surface area (Å²) in [6.07, 6.45) is -3.29. The van der Waals surface area contributed by atoms with Gasteiger partial charge in [-0.15, -0.1) is 0 Å². The molecular formula is C7H8F3NO. The predicted molar refractivity (Wildman–Crippen MR) is 36.5 cm³/mol. The van der Waals surface area contributed by atoms with Crippen LogP contribution in [0, 0.1) is 0 Å². The van der Waals surface area contributed by atoms with Crippen molar-refractivity contribution in [3.05, 3.63) is 23.7 Å². The van der Waals surface area contributed by atoms with Crippen LogP contribution in [0.15, 0.2) is 16.7 Å². The Kier molecular flexibility index (Phi) is 2.42. The Hall–Kier alpha value is -0.970. The van der Waals surface area contributed by atoms with Crippen LogP contribution in [0.2, 0.25) is 0 Å². The van der Waals surface area contributed by atoms with Crippen LogP contribution in [-0.4, -0.2) is 6.54 Å². The number of alkyl halides is 3. The average molecular weight is 179 g/mol. The van der Waals surface area contributed by atoms with E-state index in [0.717, 1.165) is 6.07 Å². The zero-order chi connectivity index (χ0) is 9.19. The molecule has 1 rings (SSSR count). The summed E-state index contributed by atoms with van der Waals surface area (Å²) in [7, 11) is 0. The highest BCUT2D eigenvalue weighted by atomic mass is 19.4. The van der Waals surface area contributed by atoms with Crippen molar-refractivity contribution >= 4 is 0 Å². The number of hydrogen-bond donors (Lipinski definition) is 1. The maximum absolute atomic E-state index is 12.0. The summed E-state index contributed by atoms with van der Waals surface area (Å²) < 4.78 is 40.5. The predicted octanol–water partition coefficient (Wildman–Crippen LogP) is 1.80. The molecule has 0 saturated heterocycles. The Morgan fingerprint density at radius 1 is 1.42 bits per heavy atom. The molecule has 0 amide bonds. The van der Waals surface area contributed by atoms with Gasteiger partial charge in [-0.2, -0.15) is 13.2 Å². The molecule has 1 aromatic heterocycles. The van der Waals surface area contributed by atoms with Crippen molar-refractivity contribution in [1.29, 1.82) is 0 Å². The average Bonchev–Trinajstić information content (AvgIpc) is 2.35. The molecule has 1 heterocycles. The Labute approximate surface area is 67.2 Å². The monoisotopic (exact) mass is 179 g/mol. The Morgan fingerprint density at radius 3 is 2.50 bits per heavy atom. The first-order chi connectivity index (χ1) is 5.54. The summed E-state index contributed by atoms with van der Waals surface area (Å²) >= 11 is 0. The van der Waals surface area contributed by atoms with Gasteiger partial charge in [-0.1, -0.05) is 0 Å². The number of hydrogen-bond acceptors (Lipinski definition) is 2.